The first-order chi connectivity index (χ1) is 13.4. The van der Waals surface area contributed by atoms with Crippen molar-refractivity contribution in [3.8, 4) is 0 Å². The highest BCUT2D eigenvalue weighted by molar-refractivity contribution is 6.03. The van der Waals surface area contributed by atoms with Crippen molar-refractivity contribution >= 4 is 11.6 Å². The van der Waals surface area contributed by atoms with Crippen LogP contribution in [0.5, 0.6) is 0 Å². The summed E-state index contributed by atoms with van der Waals surface area (Å²) in [6, 6.07) is 12.6. The number of carbonyl (C=O) groups excluding carboxylic acids is 1. The summed E-state index contributed by atoms with van der Waals surface area (Å²) in [6.07, 6.45) is 0.509. The van der Waals surface area contributed by atoms with E-state index in [1.54, 1.807) is 23.2 Å². The van der Waals surface area contributed by atoms with E-state index in [0.29, 0.717) is 24.2 Å². The highest BCUT2D eigenvalue weighted by atomic mass is 19.1. The van der Waals surface area contributed by atoms with Crippen molar-refractivity contribution in [3.63, 3.8) is 0 Å². The molecule has 28 heavy (non-hydrogen) atoms. The predicted octanol–water partition coefficient (Wildman–Crippen LogP) is 4.46. The zero-order valence-corrected chi connectivity index (χ0v) is 17.1. The highest BCUT2D eigenvalue weighted by Crippen LogP contribution is 2.35. The molecule has 3 rings (SSSR count). The number of hydrazone groups is 1. The number of aryl methyl sites for hydroxylation is 2. The molecule has 148 valence electrons. The summed E-state index contributed by atoms with van der Waals surface area (Å²) in [5, 5.41) is 6.16. The van der Waals surface area contributed by atoms with Gasteiger partial charge in [0.2, 0.25) is 0 Å². The fraction of sp³-hybridized carbons (Fsp3) is 0.391. The molecule has 5 heteroatoms. The molecule has 0 aliphatic carbocycles. The van der Waals surface area contributed by atoms with Crippen LogP contribution in [0.2, 0.25) is 0 Å². The van der Waals surface area contributed by atoms with Crippen LogP contribution in [0.25, 0.3) is 0 Å². The van der Waals surface area contributed by atoms with Gasteiger partial charge in [-0.2, -0.15) is 5.10 Å². The summed E-state index contributed by atoms with van der Waals surface area (Å²) in [7, 11) is 0. The minimum absolute atomic E-state index is 0.0555. The van der Waals surface area contributed by atoms with Gasteiger partial charge in [0.25, 0.3) is 5.91 Å². The average Bonchev–Trinajstić information content (AvgIpc) is 3.11. The minimum atomic E-state index is -0.307. The molecule has 0 aromatic heterocycles. The van der Waals surface area contributed by atoms with Crippen LogP contribution in [0.4, 0.5) is 4.39 Å². The predicted molar refractivity (Wildman–Crippen MR) is 111 cm³/mol. The van der Waals surface area contributed by atoms with Crippen LogP contribution in [0.3, 0.4) is 0 Å². The number of rotatable bonds is 6. The second-order valence-corrected chi connectivity index (χ2v) is 7.31. The van der Waals surface area contributed by atoms with Gasteiger partial charge < -0.3 is 0 Å². The van der Waals surface area contributed by atoms with Crippen LogP contribution in [-0.2, 0) is 4.79 Å². The lowest BCUT2D eigenvalue weighted by Gasteiger charge is -2.26. The summed E-state index contributed by atoms with van der Waals surface area (Å²) < 4.78 is 14.4. The molecule has 0 radical (unpaired) electrons. The van der Waals surface area contributed by atoms with Gasteiger partial charge in [0, 0.05) is 12.0 Å². The van der Waals surface area contributed by atoms with Crippen molar-refractivity contribution in [1.82, 2.24) is 9.91 Å². The van der Waals surface area contributed by atoms with Gasteiger partial charge >= 0.3 is 0 Å². The number of nitrogens with zero attached hydrogens (tertiary/aromatic N) is 3. The highest BCUT2D eigenvalue weighted by Gasteiger charge is 2.34. The zero-order valence-electron chi connectivity index (χ0n) is 17.1. The van der Waals surface area contributed by atoms with Crippen LogP contribution >= 0.6 is 0 Å². The maximum atomic E-state index is 14.4. The molecule has 4 nitrogen and oxygen atoms in total. The van der Waals surface area contributed by atoms with Gasteiger partial charge in [-0.15, -0.1) is 0 Å². The summed E-state index contributed by atoms with van der Waals surface area (Å²) in [4.78, 5) is 15.1. The molecule has 0 spiro atoms. The van der Waals surface area contributed by atoms with Gasteiger partial charge in [0.15, 0.2) is 0 Å². The largest absolute Gasteiger partial charge is 0.295 e. The molecule has 0 N–H and O–H groups in total. The molecule has 2 aromatic carbocycles. The van der Waals surface area contributed by atoms with E-state index in [-0.39, 0.29) is 17.8 Å². The molecule has 0 fully saturated rings. The van der Waals surface area contributed by atoms with Gasteiger partial charge in [0.1, 0.15) is 5.82 Å². The van der Waals surface area contributed by atoms with Gasteiger partial charge in [-0.05, 0) is 44.1 Å². The van der Waals surface area contributed by atoms with Gasteiger partial charge in [-0.3, -0.25) is 9.69 Å². The third kappa shape index (κ3) is 4.14. The Morgan fingerprint density at radius 2 is 1.89 bits per heavy atom. The van der Waals surface area contributed by atoms with Crippen LogP contribution in [0.15, 0.2) is 47.6 Å². The van der Waals surface area contributed by atoms with Crippen molar-refractivity contribution in [2.24, 2.45) is 5.10 Å². The average molecular weight is 381 g/mol. The number of carbonyl (C=O) groups is 1. The second kappa shape index (κ2) is 8.65. The number of hydrogen-bond acceptors (Lipinski definition) is 3. The molecule has 1 amide bonds. The van der Waals surface area contributed by atoms with E-state index < -0.39 is 0 Å². The number of halogens is 1. The summed E-state index contributed by atoms with van der Waals surface area (Å²) in [5.41, 5.74) is 4.45. The Morgan fingerprint density at radius 1 is 1.18 bits per heavy atom. The minimum Gasteiger partial charge on any atom is -0.295 e. The maximum absolute atomic E-state index is 14.4. The van der Waals surface area contributed by atoms with Gasteiger partial charge in [0.05, 0.1) is 18.3 Å². The summed E-state index contributed by atoms with van der Waals surface area (Å²) in [6.45, 7) is 10.1. The first kappa shape index (κ1) is 20.2. The monoisotopic (exact) mass is 381 g/mol. The third-order valence-electron chi connectivity index (χ3n) is 5.39. The molecule has 1 atom stereocenters. The van der Waals surface area contributed by atoms with E-state index in [1.165, 1.54) is 11.6 Å². The molecule has 1 aliphatic rings. The molecule has 1 unspecified atom stereocenters. The quantitative estimate of drug-likeness (QED) is 0.740. The Kier molecular flexibility index (Phi) is 6.25. The van der Waals surface area contributed by atoms with E-state index in [9.17, 15) is 9.18 Å². The first-order valence-corrected chi connectivity index (χ1v) is 9.88. The van der Waals surface area contributed by atoms with Crippen molar-refractivity contribution in [3.05, 3.63) is 70.5 Å². The van der Waals surface area contributed by atoms with E-state index in [2.05, 4.69) is 42.0 Å². The summed E-state index contributed by atoms with van der Waals surface area (Å²) in [5.74, 6) is -0.362. The van der Waals surface area contributed by atoms with Gasteiger partial charge in [-0.1, -0.05) is 55.8 Å². The van der Waals surface area contributed by atoms with Crippen molar-refractivity contribution < 1.29 is 9.18 Å². The van der Waals surface area contributed by atoms with Crippen molar-refractivity contribution in [2.45, 2.75) is 40.2 Å². The number of likely N-dealkylation sites (N-methyl/N-ethyl adjacent to an activating group) is 1. The Morgan fingerprint density at radius 3 is 2.54 bits per heavy atom. The Bertz CT molecular complexity index is 889. The third-order valence-corrected chi connectivity index (χ3v) is 5.39. The molecular formula is C23H28FN3O. The standard InChI is InChI=1S/C23H28FN3O/c1-5-26(6-2)15-23(28)27-22(18-12-11-16(3)13-17(18)4)14-21(25-27)19-9-7-8-10-20(19)24/h7-13,22H,5-6,14-15H2,1-4H3. The van der Waals surface area contributed by atoms with Crippen LogP contribution < -0.4 is 0 Å². The second-order valence-electron chi connectivity index (χ2n) is 7.31. The molecule has 2 aromatic rings. The Hall–Kier alpha value is -2.53. The Balaban J connectivity index is 1.98. The molecule has 0 bridgehead atoms. The molecule has 0 saturated carbocycles. The molecule has 0 saturated heterocycles. The van der Waals surface area contributed by atoms with E-state index in [0.717, 1.165) is 24.2 Å². The van der Waals surface area contributed by atoms with Gasteiger partial charge in [-0.25, -0.2) is 9.40 Å². The lowest BCUT2D eigenvalue weighted by atomic mass is 9.94. The fourth-order valence-electron chi connectivity index (χ4n) is 3.75. The SMILES string of the molecule is CCN(CC)CC(=O)N1N=C(c2ccccc2F)CC1c1ccc(C)cc1C. The smallest absolute Gasteiger partial charge is 0.257 e. The van der Waals surface area contributed by atoms with Crippen LogP contribution in [0, 0.1) is 19.7 Å². The van der Waals surface area contributed by atoms with Crippen molar-refractivity contribution in [2.75, 3.05) is 19.6 Å². The zero-order chi connectivity index (χ0) is 20.3. The van der Waals surface area contributed by atoms with Crippen LogP contribution in [0.1, 0.15) is 48.6 Å². The molecule has 1 heterocycles. The van der Waals surface area contributed by atoms with E-state index in [4.69, 9.17) is 0 Å². The lowest BCUT2D eigenvalue weighted by Crippen LogP contribution is -2.38. The topological polar surface area (TPSA) is 35.9 Å². The Labute approximate surface area is 166 Å². The number of benzene rings is 2. The van der Waals surface area contributed by atoms with Crippen LogP contribution in [-0.4, -0.2) is 41.2 Å². The number of hydrogen-bond donors (Lipinski definition) is 0. The lowest BCUT2D eigenvalue weighted by molar-refractivity contribution is -0.134. The summed E-state index contributed by atoms with van der Waals surface area (Å²) >= 11 is 0. The molecular weight excluding hydrogens is 353 g/mol. The maximum Gasteiger partial charge on any atom is 0.257 e. The fourth-order valence-corrected chi connectivity index (χ4v) is 3.75. The van der Waals surface area contributed by atoms with E-state index >= 15 is 0 Å². The van der Waals surface area contributed by atoms with E-state index in [1.807, 2.05) is 13.8 Å². The normalized spacial score (nSPS) is 16.6. The first-order valence-electron chi connectivity index (χ1n) is 9.88. The number of amides is 1. The molecule has 1 aliphatic heterocycles. The van der Waals surface area contributed by atoms with Crippen molar-refractivity contribution in [1.29, 1.82) is 0 Å².